The number of likely N-dealkylation sites (N-methyl/N-ethyl adjacent to an activating group) is 1. The number of benzene rings is 2. The number of morpholine rings is 1. The molecule has 0 saturated carbocycles. The van der Waals surface area contributed by atoms with Crippen LogP contribution in [0.15, 0.2) is 36.4 Å². The van der Waals surface area contributed by atoms with Crippen LogP contribution in [0.3, 0.4) is 0 Å². The highest BCUT2D eigenvalue weighted by Crippen LogP contribution is 2.43. The van der Waals surface area contributed by atoms with Gasteiger partial charge in [-0.1, -0.05) is 18.2 Å². The predicted octanol–water partition coefficient (Wildman–Crippen LogP) is -2.33. The number of aldehydes is 1. The van der Waals surface area contributed by atoms with Crippen molar-refractivity contribution in [2.24, 2.45) is 0 Å². The first kappa shape index (κ1) is 30.5. The molecule has 4 rings (SSSR count). The second kappa shape index (κ2) is 11.4. The predicted molar refractivity (Wildman–Crippen MR) is 140 cm³/mol. The Morgan fingerprint density at radius 1 is 1.22 bits per heavy atom. The van der Waals surface area contributed by atoms with Gasteiger partial charge in [0.2, 0.25) is 5.91 Å². The maximum Gasteiger partial charge on any atom is 0.279 e. The number of rotatable bonds is 10. The number of fused-ring (bicyclic) bond motifs is 1. The van der Waals surface area contributed by atoms with E-state index in [0.29, 0.717) is 19.8 Å². The monoisotopic (exact) mass is 572 g/mol. The molecule has 7 N–H and O–H groups in total. The first-order valence-electron chi connectivity index (χ1n) is 12.6. The number of nitrogens with one attached hydrogen (secondary N) is 2. The molecule has 15 heteroatoms. The smallest absolute Gasteiger partial charge is 0.279 e. The fourth-order valence-electron chi connectivity index (χ4n) is 4.94. The van der Waals surface area contributed by atoms with Crippen LogP contribution in [-0.2, 0) is 33.0 Å². The number of hydrogen-bond acceptors (Lipinski definition) is 11. The molecule has 2 heterocycles. The molecule has 0 aromatic heterocycles. The number of nitrogens with zero attached hydrogens (tertiary/aromatic N) is 2. The van der Waals surface area contributed by atoms with Gasteiger partial charge in [-0.15, -0.1) is 0 Å². The molecule has 2 aromatic carbocycles. The van der Waals surface area contributed by atoms with Gasteiger partial charge in [-0.3, -0.25) is 24.2 Å². The van der Waals surface area contributed by atoms with E-state index in [4.69, 9.17) is 12.6 Å². The Morgan fingerprint density at radius 2 is 1.90 bits per heavy atom. The van der Waals surface area contributed by atoms with E-state index in [2.05, 4.69) is 10.2 Å². The average Bonchev–Trinajstić information content (AvgIpc) is 3.14. The lowest BCUT2D eigenvalue weighted by molar-refractivity contribution is -0.349. The van der Waals surface area contributed by atoms with Crippen LogP contribution in [0.5, 0.6) is 0 Å². The van der Waals surface area contributed by atoms with Crippen molar-refractivity contribution in [3.63, 3.8) is 0 Å². The molecule has 218 valence electrons. The number of halogens is 1. The minimum absolute atomic E-state index is 0.0342. The summed E-state index contributed by atoms with van der Waals surface area (Å²) in [6, 6.07) is 6.11. The van der Waals surface area contributed by atoms with E-state index in [1.54, 1.807) is 12.1 Å². The number of amides is 2. The van der Waals surface area contributed by atoms with Crippen molar-refractivity contribution >= 4 is 31.6 Å². The average molecular weight is 572 g/mol. The Morgan fingerprint density at radius 3 is 2.51 bits per heavy atom. The first-order valence-corrected chi connectivity index (χ1v) is 12.6. The Kier molecular flexibility index (Phi) is 8.52. The molecule has 2 aliphatic rings. The molecular formula is C26H30BFN4O9. The second-order valence-electron chi connectivity index (χ2n) is 9.88. The molecule has 2 aliphatic heterocycles. The molecule has 2 atom stereocenters. The van der Waals surface area contributed by atoms with Crippen LogP contribution < -0.4 is 10.6 Å². The van der Waals surface area contributed by atoms with Gasteiger partial charge in [0.1, 0.15) is 11.4 Å². The van der Waals surface area contributed by atoms with Crippen molar-refractivity contribution in [1.82, 2.24) is 15.1 Å². The molecule has 0 bridgehead atoms. The van der Waals surface area contributed by atoms with Crippen LogP contribution in [0.25, 0.3) is 0 Å². The molecule has 0 spiro atoms. The number of carbonyl (C=O) groups is 3. The normalized spacial score (nSPS) is 20.5. The van der Waals surface area contributed by atoms with Gasteiger partial charge in [-0.2, -0.15) is 0 Å². The van der Waals surface area contributed by atoms with E-state index >= 15 is 0 Å². The third-order valence-corrected chi connectivity index (χ3v) is 7.19. The lowest BCUT2D eigenvalue weighted by atomic mass is 9.81. The Hall–Kier alpha value is -3.44. The largest absolute Gasteiger partial charge is 0.380 e. The molecular weight excluding hydrogens is 542 g/mol. The van der Waals surface area contributed by atoms with E-state index in [-0.39, 0.29) is 33.8 Å². The van der Waals surface area contributed by atoms with Crippen LogP contribution >= 0.6 is 0 Å². The van der Waals surface area contributed by atoms with E-state index in [1.165, 1.54) is 24.3 Å². The molecule has 0 aliphatic carbocycles. The molecule has 2 radical (unpaired) electrons. The van der Waals surface area contributed by atoms with Crippen molar-refractivity contribution in [2.75, 3.05) is 38.7 Å². The molecule has 2 unspecified atom stereocenters. The fraction of sp³-hybridized carbons (Fsp3) is 0.423. The van der Waals surface area contributed by atoms with E-state index in [9.17, 15) is 44.3 Å². The zero-order chi connectivity index (χ0) is 30.2. The highest BCUT2D eigenvalue weighted by molar-refractivity contribution is 6.21. The van der Waals surface area contributed by atoms with Crippen molar-refractivity contribution in [3.8, 4) is 0 Å². The summed E-state index contributed by atoms with van der Waals surface area (Å²) < 4.78 is 20.3. The SMILES string of the molecule is [B]C1(O)c2c(NCc3ccc(CN4CCOCC4)cc3F)cccc2C(=O)N1C(C(=O)NC)C(O)(O)C(O)(O)C=O. The second-order valence-corrected chi connectivity index (χ2v) is 9.88. The number of hydrogen-bond donors (Lipinski definition) is 7. The standard InChI is InChI=1S/C26H30BFN4O9/c1-29-22(34)21(25(38,39)24(36,37)14-33)32-23(35)17-3-2-4-19(20(17)26(32,27)40)30-12-16-6-5-15(11-18(16)28)13-31-7-9-41-10-8-31/h2-6,11,14,21,30,36-40H,7-10,12-13H2,1H3,(H,29,34). The van der Waals surface area contributed by atoms with E-state index in [0.717, 1.165) is 25.7 Å². The van der Waals surface area contributed by atoms with Gasteiger partial charge in [0, 0.05) is 55.6 Å². The topological polar surface area (TPSA) is 192 Å². The summed E-state index contributed by atoms with van der Waals surface area (Å²) in [6.07, 6.45) is -0.667. The van der Waals surface area contributed by atoms with Crippen molar-refractivity contribution in [2.45, 2.75) is 36.3 Å². The van der Waals surface area contributed by atoms with E-state index in [1.807, 2.05) is 5.32 Å². The quantitative estimate of drug-likeness (QED) is 0.0918. The fourth-order valence-corrected chi connectivity index (χ4v) is 4.94. The minimum Gasteiger partial charge on any atom is -0.380 e. The van der Waals surface area contributed by atoms with Crippen LogP contribution in [0.2, 0.25) is 0 Å². The number of anilines is 1. The molecule has 41 heavy (non-hydrogen) atoms. The molecule has 2 aromatic rings. The molecule has 2 amide bonds. The molecule has 1 fully saturated rings. The summed E-state index contributed by atoms with van der Waals surface area (Å²) in [4.78, 5) is 39.5. The highest BCUT2D eigenvalue weighted by atomic mass is 19.1. The lowest BCUT2D eigenvalue weighted by Crippen LogP contribution is -2.73. The molecule has 13 nitrogen and oxygen atoms in total. The lowest BCUT2D eigenvalue weighted by Gasteiger charge is -2.45. The van der Waals surface area contributed by atoms with Gasteiger partial charge in [-0.25, -0.2) is 4.39 Å². The van der Waals surface area contributed by atoms with E-state index < -0.39 is 47.2 Å². The summed E-state index contributed by atoms with van der Waals surface area (Å²) in [5, 5.41) is 57.0. The number of carbonyl (C=O) groups excluding carboxylic acids is 3. The summed E-state index contributed by atoms with van der Waals surface area (Å²) in [6.45, 7) is 3.13. The number of ether oxygens (including phenoxy) is 1. The number of aliphatic hydroxyl groups is 5. The maximum absolute atomic E-state index is 15.0. The van der Waals surface area contributed by atoms with Crippen molar-refractivity contribution in [3.05, 3.63) is 64.5 Å². The zero-order valence-electron chi connectivity index (χ0n) is 22.1. The van der Waals surface area contributed by atoms with Crippen molar-refractivity contribution in [1.29, 1.82) is 0 Å². The minimum atomic E-state index is -4.03. The van der Waals surface area contributed by atoms with Gasteiger partial charge >= 0.3 is 0 Å². The van der Waals surface area contributed by atoms with Crippen LogP contribution in [-0.4, -0.2) is 112 Å². The highest BCUT2D eigenvalue weighted by Gasteiger charge is 2.63. The first-order chi connectivity index (χ1) is 19.3. The Balaban J connectivity index is 1.62. The summed E-state index contributed by atoms with van der Waals surface area (Å²) in [5.74, 6) is -11.1. The Bertz CT molecular complexity index is 1330. The summed E-state index contributed by atoms with van der Waals surface area (Å²) in [5.41, 5.74) is -2.48. The van der Waals surface area contributed by atoms with Gasteiger partial charge in [-0.05, 0) is 23.8 Å². The van der Waals surface area contributed by atoms with Crippen LogP contribution in [0, 0.1) is 5.82 Å². The van der Waals surface area contributed by atoms with Crippen LogP contribution in [0.4, 0.5) is 10.1 Å². The van der Waals surface area contributed by atoms with Crippen molar-refractivity contribution < 1.29 is 49.0 Å². The zero-order valence-corrected chi connectivity index (χ0v) is 22.1. The van der Waals surface area contributed by atoms with Gasteiger partial charge in [0.25, 0.3) is 17.5 Å². The third kappa shape index (κ3) is 5.57. The molecule has 1 saturated heterocycles. The Labute approximate surface area is 235 Å². The third-order valence-electron chi connectivity index (χ3n) is 7.19. The van der Waals surface area contributed by atoms with Gasteiger partial charge in [0.15, 0.2) is 20.2 Å². The summed E-state index contributed by atoms with van der Waals surface area (Å²) >= 11 is 0. The maximum atomic E-state index is 15.0. The van der Waals surface area contributed by atoms with Gasteiger partial charge in [0.05, 0.1) is 13.2 Å². The van der Waals surface area contributed by atoms with Gasteiger partial charge < -0.3 is 40.9 Å². The summed E-state index contributed by atoms with van der Waals surface area (Å²) in [7, 11) is 7.11. The van der Waals surface area contributed by atoms with Crippen LogP contribution in [0.1, 0.15) is 27.0 Å².